The number of aromatic nitrogens is 2. The van der Waals surface area contributed by atoms with Crippen molar-refractivity contribution in [2.24, 2.45) is 0 Å². The van der Waals surface area contributed by atoms with Crippen LogP contribution >= 0.6 is 11.6 Å². The number of nitrogens with zero attached hydrogens (tertiary/aromatic N) is 3. The average Bonchev–Trinajstić information content (AvgIpc) is 2.47. The maximum atomic E-state index is 8.64. The minimum absolute atomic E-state index is 0.408. The summed E-state index contributed by atoms with van der Waals surface area (Å²) in [6.07, 6.45) is 3.39. The summed E-state index contributed by atoms with van der Waals surface area (Å²) in [4.78, 5) is 4.12. The van der Waals surface area contributed by atoms with Crippen LogP contribution in [0.4, 0.5) is 0 Å². The van der Waals surface area contributed by atoms with Gasteiger partial charge in [0.1, 0.15) is 11.7 Å². The van der Waals surface area contributed by atoms with Crippen molar-refractivity contribution in [1.29, 1.82) is 5.26 Å². The van der Waals surface area contributed by atoms with Crippen molar-refractivity contribution in [2.75, 3.05) is 0 Å². The largest absolute Gasteiger partial charge is 0.304 e. The van der Waals surface area contributed by atoms with Crippen molar-refractivity contribution in [3.8, 4) is 6.07 Å². The number of halogens is 1. The Bertz CT molecular complexity index is 507. The van der Waals surface area contributed by atoms with Crippen LogP contribution in [0, 0.1) is 18.3 Å². The fraction of sp³-hybridized carbons (Fsp3) is 0.111. The van der Waals surface area contributed by atoms with Gasteiger partial charge in [0.05, 0.1) is 5.02 Å². The van der Waals surface area contributed by atoms with E-state index in [2.05, 4.69) is 4.98 Å². The van der Waals surface area contributed by atoms with Gasteiger partial charge in [0.15, 0.2) is 5.69 Å². The molecule has 2 aromatic heterocycles. The van der Waals surface area contributed by atoms with Crippen LogP contribution in [-0.2, 0) is 0 Å². The topological polar surface area (TPSA) is 41.1 Å². The van der Waals surface area contributed by atoms with Gasteiger partial charge in [-0.3, -0.25) is 0 Å². The SMILES string of the molecule is Cc1cc(Cl)cn2cc(C#N)nc12. The molecule has 0 saturated carbocycles. The molecule has 0 amide bonds. The predicted octanol–water partition coefficient (Wildman–Crippen LogP) is 2.17. The summed E-state index contributed by atoms with van der Waals surface area (Å²) < 4.78 is 1.76. The highest BCUT2D eigenvalue weighted by molar-refractivity contribution is 6.30. The number of pyridine rings is 1. The molecule has 2 heterocycles. The number of nitriles is 1. The minimum Gasteiger partial charge on any atom is -0.304 e. The van der Waals surface area contributed by atoms with E-state index < -0.39 is 0 Å². The van der Waals surface area contributed by atoms with Crippen LogP contribution in [0.25, 0.3) is 5.65 Å². The van der Waals surface area contributed by atoms with Gasteiger partial charge in [0, 0.05) is 12.4 Å². The van der Waals surface area contributed by atoms with Gasteiger partial charge >= 0.3 is 0 Å². The molecule has 64 valence electrons. The second-order valence-corrected chi connectivity index (χ2v) is 3.25. The van der Waals surface area contributed by atoms with Crippen LogP contribution in [0.2, 0.25) is 5.02 Å². The fourth-order valence-corrected chi connectivity index (χ4v) is 1.55. The summed E-state index contributed by atoms with van der Waals surface area (Å²) in [5.41, 5.74) is 2.15. The van der Waals surface area contributed by atoms with E-state index in [9.17, 15) is 0 Å². The van der Waals surface area contributed by atoms with E-state index in [1.165, 1.54) is 0 Å². The Hall–Kier alpha value is -1.53. The third-order valence-corrected chi connectivity index (χ3v) is 2.02. The van der Waals surface area contributed by atoms with Crippen molar-refractivity contribution in [1.82, 2.24) is 9.38 Å². The maximum absolute atomic E-state index is 8.64. The van der Waals surface area contributed by atoms with Crippen LogP contribution in [0.1, 0.15) is 11.3 Å². The third-order valence-electron chi connectivity index (χ3n) is 1.82. The molecule has 2 rings (SSSR count). The van der Waals surface area contributed by atoms with Crippen molar-refractivity contribution >= 4 is 17.2 Å². The first kappa shape index (κ1) is 8.09. The summed E-state index contributed by atoms with van der Waals surface area (Å²) in [7, 11) is 0. The zero-order valence-corrected chi connectivity index (χ0v) is 7.71. The Morgan fingerprint density at radius 1 is 1.54 bits per heavy atom. The molecular formula is C9H6ClN3. The van der Waals surface area contributed by atoms with Crippen LogP contribution in [0.5, 0.6) is 0 Å². The molecule has 0 saturated heterocycles. The number of imidazole rings is 1. The van der Waals surface area contributed by atoms with Crippen molar-refractivity contribution in [3.63, 3.8) is 0 Å². The number of rotatable bonds is 0. The lowest BCUT2D eigenvalue weighted by molar-refractivity contribution is 1.16. The highest BCUT2D eigenvalue weighted by Crippen LogP contribution is 2.16. The second kappa shape index (κ2) is 2.75. The number of hydrogen-bond donors (Lipinski definition) is 0. The van der Waals surface area contributed by atoms with Gasteiger partial charge in [-0.1, -0.05) is 11.6 Å². The Balaban J connectivity index is 2.84. The van der Waals surface area contributed by atoms with Gasteiger partial charge < -0.3 is 4.40 Å². The van der Waals surface area contributed by atoms with Gasteiger partial charge in [-0.15, -0.1) is 0 Å². The van der Waals surface area contributed by atoms with E-state index >= 15 is 0 Å². The van der Waals surface area contributed by atoms with Gasteiger partial charge in [-0.25, -0.2) is 4.98 Å². The summed E-state index contributed by atoms with van der Waals surface area (Å²) in [6, 6.07) is 3.81. The predicted molar refractivity (Wildman–Crippen MR) is 49.7 cm³/mol. The van der Waals surface area contributed by atoms with Gasteiger partial charge in [0.25, 0.3) is 0 Å². The smallest absolute Gasteiger partial charge is 0.159 e. The Morgan fingerprint density at radius 2 is 2.31 bits per heavy atom. The van der Waals surface area contributed by atoms with Crippen molar-refractivity contribution in [3.05, 3.63) is 34.7 Å². The maximum Gasteiger partial charge on any atom is 0.159 e. The molecule has 0 bridgehead atoms. The highest BCUT2D eigenvalue weighted by Gasteiger charge is 2.03. The Morgan fingerprint density at radius 3 is 3.00 bits per heavy atom. The quantitative estimate of drug-likeness (QED) is 0.641. The number of hydrogen-bond acceptors (Lipinski definition) is 2. The van der Waals surface area contributed by atoms with E-state index in [1.54, 1.807) is 16.8 Å². The first-order valence-electron chi connectivity index (χ1n) is 3.75. The highest BCUT2D eigenvalue weighted by atomic mass is 35.5. The molecule has 0 atom stereocenters. The molecule has 0 aliphatic heterocycles. The molecule has 0 aliphatic rings. The average molecular weight is 192 g/mol. The van der Waals surface area contributed by atoms with E-state index in [0.29, 0.717) is 10.7 Å². The summed E-state index contributed by atoms with van der Waals surface area (Å²) >= 11 is 5.84. The first-order chi connectivity index (χ1) is 6.20. The normalized spacial score (nSPS) is 10.2. The van der Waals surface area contributed by atoms with E-state index in [0.717, 1.165) is 11.2 Å². The molecular weight excluding hydrogens is 186 g/mol. The van der Waals surface area contributed by atoms with E-state index in [1.807, 2.05) is 19.1 Å². The lowest BCUT2D eigenvalue weighted by Gasteiger charge is -1.97. The van der Waals surface area contributed by atoms with Crippen LogP contribution < -0.4 is 0 Å². The minimum atomic E-state index is 0.408. The third kappa shape index (κ3) is 1.25. The number of aryl methyl sites for hydroxylation is 1. The molecule has 4 heteroatoms. The molecule has 0 fully saturated rings. The molecule has 3 nitrogen and oxygen atoms in total. The molecule has 0 N–H and O–H groups in total. The van der Waals surface area contributed by atoms with Crippen LogP contribution in [0.15, 0.2) is 18.5 Å². The van der Waals surface area contributed by atoms with Gasteiger partial charge in [0.2, 0.25) is 0 Å². The zero-order chi connectivity index (χ0) is 9.42. The lowest BCUT2D eigenvalue weighted by Crippen LogP contribution is -1.85. The first-order valence-corrected chi connectivity index (χ1v) is 4.13. The van der Waals surface area contributed by atoms with Crippen molar-refractivity contribution in [2.45, 2.75) is 6.92 Å². The Labute approximate surface area is 80.2 Å². The molecule has 0 aliphatic carbocycles. The Kier molecular flexibility index (Phi) is 1.71. The molecule has 0 spiro atoms. The summed E-state index contributed by atoms with van der Waals surface area (Å²) in [6.45, 7) is 1.91. The molecule has 2 aromatic rings. The molecule has 13 heavy (non-hydrogen) atoms. The van der Waals surface area contributed by atoms with Crippen LogP contribution in [-0.4, -0.2) is 9.38 Å². The molecule has 0 unspecified atom stereocenters. The lowest BCUT2D eigenvalue weighted by atomic mass is 10.3. The second-order valence-electron chi connectivity index (χ2n) is 2.81. The van der Waals surface area contributed by atoms with Crippen molar-refractivity contribution < 1.29 is 0 Å². The summed E-state index contributed by atoms with van der Waals surface area (Å²) in [5.74, 6) is 0. The van der Waals surface area contributed by atoms with Gasteiger partial charge in [-0.2, -0.15) is 5.26 Å². The van der Waals surface area contributed by atoms with E-state index in [-0.39, 0.29) is 0 Å². The molecule has 0 radical (unpaired) electrons. The number of fused-ring (bicyclic) bond motifs is 1. The van der Waals surface area contributed by atoms with Crippen LogP contribution in [0.3, 0.4) is 0 Å². The van der Waals surface area contributed by atoms with E-state index in [4.69, 9.17) is 16.9 Å². The zero-order valence-electron chi connectivity index (χ0n) is 6.95. The monoisotopic (exact) mass is 191 g/mol. The van der Waals surface area contributed by atoms with Gasteiger partial charge in [-0.05, 0) is 18.6 Å². The molecule has 0 aromatic carbocycles. The fourth-order valence-electron chi connectivity index (χ4n) is 1.28. The standard InChI is InChI=1S/C9H6ClN3/c1-6-2-7(10)4-13-5-8(3-11)12-9(6)13/h2,4-5H,1H3. The summed E-state index contributed by atoms with van der Waals surface area (Å²) in [5, 5.41) is 9.29.